The third-order valence-electron chi connectivity index (χ3n) is 3.06. The lowest BCUT2D eigenvalue weighted by Gasteiger charge is -2.18. The molecule has 0 saturated heterocycles. The lowest BCUT2D eigenvalue weighted by Crippen LogP contribution is -2.35. The smallest absolute Gasteiger partial charge is 0.236 e. The molecule has 0 atom stereocenters. The molecule has 0 unspecified atom stereocenters. The Bertz CT molecular complexity index is 409. The van der Waals surface area contributed by atoms with Crippen LogP contribution in [0.3, 0.4) is 0 Å². The molecule has 0 aromatic heterocycles. The van der Waals surface area contributed by atoms with Gasteiger partial charge in [-0.3, -0.25) is 4.79 Å². The number of hydrogen-bond donors (Lipinski definition) is 1. The second-order valence-corrected chi connectivity index (χ2v) is 5.07. The van der Waals surface area contributed by atoms with Crippen LogP contribution in [0, 0.1) is 0 Å². The highest BCUT2D eigenvalue weighted by Crippen LogP contribution is 2.15. The van der Waals surface area contributed by atoms with E-state index in [2.05, 4.69) is 50.0 Å². The van der Waals surface area contributed by atoms with Crippen LogP contribution in [0.1, 0.15) is 30.9 Å². The van der Waals surface area contributed by atoms with Crippen molar-refractivity contribution in [2.24, 2.45) is 0 Å². The van der Waals surface area contributed by atoms with E-state index in [4.69, 9.17) is 0 Å². The minimum Gasteiger partial charge on any atom is -0.340 e. The second-order valence-electron chi connectivity index (χ2n) is 5.07. The van der Waals surface area contributed by atoms with Crippen molar-refractivity contribution < 1.29 is 4.79 Å². The Labute approximate surface area is 116 Å². The molecule has 1 aromatic carbocycles. The van der Waals surface area contributed by atoms with E-state index in [1.54, 1.807) is 11.0 Å². The molecule has 0 fully saturated rings. The zero-order valence-electron chi connectivity index (χ0n) is 12.1. The number of nitrogens with one attached hydrogen (secondary N) is 1. The van der Waals surface area contributed by atoms with E-state index in [-0.39, 0.29) is 5.91 Å². The van der Waals surface area contributed by atoms with Crippen LogP contribution in [0.5, 0.6) is 0 Å². The van der Waals surface area contributed by atoms with Gasteiger partial charge in [0.25, 0.3) is 0 Å². The first-order valence-electron chi connectivity index (χ1n) is 6.69. The average molecular weight is 260 g/mol. The lowest BCUT2D eigenvalue weighted by molar-refractivity contribution is -0.129. The van der Waals surface area contributed by atoms with Crippen LogP contribution in [-0.4, -0.2) is 30.9 Å². The molecule has 0 aliphatic carbocycles. The molecule has 1 N–H and O–H groups in total. The SMILES string of the molecule is C=CCNCC(=O)N(C)Cc1ccc(C(C)C)cc1. The van der Waals surface area contributed by atoms with Crippen molar-refractivity contribution in [3.63, 3.8) is 0 Å². The van der Waals surface area contributed by atoms with Gasteiger partial charge in [0.2, 0.25) is 5.91 Å². The predicted octanol–water partition coefficient (Wildman–Crippen LogP) is 2.54. The normalized spacial score (nSPS) is 10.5. The van der Waals surface area contributed by atoms with Crippen molar-refractivity contribution in [1.29, 1.82) is 0 Å². The zero-order valence-corrected chi connectivity index (χ0v) is 12.1. The summed E-state index contributed by atoms with van der Waals surface area (Å²) in [6.07, 6.45) is 1.75. The monoisotopic (exact) mass is 260 g/mol. The summed E-state index contributed by atoms with van der Waals surface area (Å²) < 4.78 is 0. The Hall–Kier alpha value is -1.61. The molecule has 0 aliphatic rings. The third kappa shape index (κ3) is 5.26. The van der Waals surface area contributed by atoms with E-state index < -0.39 is 0 Å². The van der Waals surface area contributed by atoms with E-state index in [0.717, 1.165) is 5.56 Å². The molecule has 0 heterocycles. The summed E-state index contributed by atoms with van der Waals surface area (Å²) in [5, 5.41) is 3.02. The van der Waals surface area contributed by atoms with E-state index in [1.807, 2.05) is 7.05 Å². The molecule has 0 aliphatic heterocycles. The highest BCUT2D eigenvalue weighted by atomic mass is 16.2. The van der Waals surface area contributed by atoms with Gasteiger partial charge in [0.05, 0.1) is 6.54 Å². The molecule has 104 valence electrons. The molecule has 0 bridgehead atoms. The van der Waals surface area contributed by atoms with Gasteiger partial charge in [0.15, 0.2) is 0 Å². The van der Waals surface area contributed by atoms with E-state index >= 15 is 0 Å². The van der Waals surface area contributed by atoms with Gasteiger partial charge in [-0.15, -0.1) is 6.58 Å². The van der Waals surface area contributed by atoms with Crippen LogP contribution in [0.15, 0.2) is 36.9 Å². The van der Waals surface area contributed by atoms with Crippen LogP contribution in [0.2, 0.25) is 0 Å². The Morgan fingerprint density at radius 1 is 1.37 bits per heavy atom. The summed E-state index contributed by atoms with van der Waals surface area (Å²) in [5.41, 5.74) is 2.48. The van der Waals surface area contributed by atoms with Crippen molar-refractivity contribution >= 4 is 5.91 Å². The molecule has 0 saturated carbocycles. The fourth-order valence-electron chi connectivity index (χ4n) is 1.79. The highest BCUT2D eigenvalue weighted by molar-refractivity contribution is 5.77. The van der Waals surface area contributed by atoms with E-state index in [0.29, 0.717) is 25.6 Å². The Balaban J connectivity index is 2.49. The van der Waals surface area contributed by atoms with E-state index in [1.165, 1.54) is 5.56 Å². The molecular weight excluding hydrogens is 236 g/mol. The Morgan fingerprint density at radius 2 is 2.00 bits per heavy atom. The van der Waals surface area contributed by atoms with Crippen molar-refractivity contribution in [3.05, 3.63) is 48.0 Å². The number of rotatable bonds is 7. The Morgan fingerprint density at radius 3 is 2.53 bits per heavy atom. The molecular formula is C16H24N2O. The molecule has 1 rings (SSSR count). The molecule has 1 aromatic rings. The molecule has 3 heteroatoms. The summed E-state index contributed by atoms with van der Waals surface area (Å²) in [6.45, 7) is 9.61. The van der Waals surface area contributed by atoms with Crippen molar-refractivity contribution in [1.82, 2.24) is 10.2 Å². The third-order valence-corrected chi connectivity index (χ3v) is 3.06. The summed E-state index contributed by atoms with van der Waals surface area (Å²) >= 11 is 0. The standard InChI is InChI=1S/C16H24N2O/c1-5-10-17-11-16(19)18(4)12-14-6-8-15(9-7-14)13(2)3/h5-9,13,17H,1,10-12H2,2-4H3. The van der Waals surface area contributed by atoms with Gasteiger partial charge >= 0.3 is 0 Å². The summed E-state index contributed by atoms with van der Waals surface area (Å²) in [7, 11) is 1.83. The van der Waals surface area contributed by atoms with Crippen LogP contribution in [0.4, 0.5) is 0 Å². The van der Waals surface area contributed by atoms with Crippen molar-refractivity contribution in [3.8, 4) is 0 Å². The molecule has 19 heavy (non-hydrogen) atoms. The number of likely N-dealkylation sites (N-methyl/N-ethyl adjacent to an activating group) is 1. The highest BCUT2D eigenvalue weighted by Gasteiger charge is 2.08. The minimum atomic E-state index is 0.0924. The predicted molar refractivity (Wildman–Crippen MR) is 80.1 cm³/mol. The zero-order chi connectivity index (χ0) is 14.3. The number of carbonyl (C=O) groups is 1. The van der Waals surface area contributed by atoms with Crippen LogP contribution < -0.4 is 5.32 Å². The van der Waals surface area contributed by atoms with Gasteiger partial charge in [-0.2, -0.15) is 0 Å². The fraction of sp³-hybridized carbons (Fsp3) is 0.438. The van der Waals surface area contributed by atoms with Gasteiger partial charge in [-0.25, -0.2) is 0 Å². The van der Waals surface area contributed by atoms with Gasteiger partial charge in [-0.1, -0.05) is 44.2 Å². The molecule has 1 amide bonds. The average Bonchev–Trinajstić information content (AvgIpc) is 2.39. The first-order valence-corrected chi connectivity index (χ1v) is 6.69. The lowest BCUT2D eigenvalue weighted by atomic mass is 10.0. The second kappa shape index (κ2) is 7.74. The van der Waals surface area contributed by atoms with Crippen LogP contribution in [-0.2, 0) is 11.3 Å². The number of carbonyl (C=O) groups excluding carboxylic acids is 1. The minimum absolute atomic E-state index is 0.0924. The number of hydrogen-bond acceptors (Lipinski definition) is 2. The van der Waals surface area contributed by atoms with Gasteiger partial charge in [-0.05, 0) is 17.0 Å². The maximum atomic E-state index is 11.8. The quantitative estimate of drug-likeness (QED) is 0.603. The van der Waals surface area contributed by atoms with Crippen molar-refractivity contribution in [2.45, 2.75) is 26.3 Å². The number of nitrogens with zero attached hydrogens (tertiary/aromatic N) is 1. The molecule has 3 nitrogen and oxygen atoms in total. The fourth-order valence-corrected chi connectivity index (χ4v) is 1.79. The van der Waals surface area contributed by atoms with Crippen LogP contribution in [0.25, 0.3) is 0 Å². The summed E-state index contributed by atoms with van der Waals surface area (Å²) in [4.78, 5) is 13.6. The van der Waals surface area contributed by atoms with Crippen molar-refractivity contribution in [2.75, 3.05) is 20.1 Å². The van der Waals surface area contributed by atoms with Gasteiger partial charge in [0, 0.05) is 20.1 Å². The first-order chi connectivity index (χ1) is 9.04. The number of amides is 1. The number of benzene rings is 1. The van der Waals surface area contributed by atoms with E-state index in [9.17, 15) is 4.79 Å². The topological polar surface area (TPSA) is 32.3 Å². The summed E-state index contributed by atoms with van der Waals surface area (Å²) in [5.74, 6) is 0.631. The van der Waals surface area contributed by atoms with Gasteiger partial charge in [0.1, 0.15) is 0 Å². The molecule has 0 spiro atoms. The largest absolute Gasteiger partial charge is 0.340 e. The molecule has 0 radical (unpaired) electrons. The summed E-state index contributed by atoms with van der Waals surface area (Å²) in [6, 6.07) is 8.45. The Kier molecular flexibility index (Phi) is 6.30. The van der Waals surface area contributed by atoms with Crippen LogP contribution >= 0.6 is 0 Å². The maximum Gasteiger partial charge on any atom is 0.236 e. The van der Waals surface area contributed by atoms with Gasteiger partial charge < -0.3 is 10.2 Å². The first kappa shape index (κ1) is 15.4. The maximum absolute atomic E-state index is 11.8.